The van der Waals surface area contributed by atoms with Gasteiger partial charge in [0.2, 0.25) is 0 Å². The monoisotopic (exact) mass is 510 g/mol. The van der Waals surface area contributed by atoms with Crippen molar-refractivity contribution in [3.63, 3.8) is 0 Å². The number of anilines is 1. The summed E-state index contributed by atoms with van der Waals surface area (Å²) < 4.78 is 0. The van der Waals surface area contributed by atoms with Crippen LogP contribution in [-0.2, 0) is 4.79 Å². The van der Waals surface area contributed by atoms with E-state index in [0.29, 0.717) is 5.56 Å². The van der Waals surface area contributed by atoms with Crippen LogP contribution in [-0.4, -0.2) is 42.0 Å². The zero-order chi connectivity index (χ0) is 27.2. The number of amides is 2. The molecule has 0 saturated carbocycles. The van der Waals surface area contributed by atoms with Crippen LogP contribution < -0.4 is 15.6 Å². The lowest BCUT2D eigenvalue weighted by Gasteiger charge is -2.12. The molecule has 0 aliphatic heterocycles. The molecule has 0 atom stereocenters. The first-order valence-corrected chi connectivity index (χ1v) is 11.7. The first-order valence-electron chi connectivity index (χ1n) is 11.7. The van der Waals surface area contributed by atoms with Gasteiger partial charge in [0.1, 0.15) is 5.70 Å². The predicted octanol–water partition coefficient (Wildman–Crippen LogP) is 4.37. The molecule has 4 aromatic rings. The number of aromatic amines is 1. The van der Waals surface area contributed by atoms with Crippen molar-refractivity contribution in [3.8, 4) is 0 Å². The zero-order valence-electron chi connectivity index (χ0n) is 21.1. The Balaban J connectivity index is 1.58. The van der Waals surface area contributed by atoms with Crippen molar-refractivity contribution in [2.45, 2.75) is 6.92 Å². The summed E-state index contributed by atoms with van der Waals surface area (Å²) >= 11 is 0. The molecular formula is C28H26N6O4. The molecule has 10 nitrogen and oxygen atoms in total. The molecule has 0 bridgehead atoms. The first kappa shape index (κ1) is 25.8. The van der Waals surface area contributed by atoms with Gasteiger partial charge in [0.25, 0.3) is 17.5 Å². The lowest BCUT2D eigenvalue weighted by Crippen LogP contribution is -2.32. The number of nitro benzene ring substituents is 1. The van der Waals surface area contributed by atoms with E-state index in [2.05, 4.69) is 20.8 Å². The van der Waals surface area contributed by atoms with Crippen LogP contribution in [0.2, 0.25) is 0 Å². The summed E-state index contributed by atoms with van der Waals surface area (Å²) in [5.41, 5.74) is 6.80. The minimum absolute atomic E-state index is 0.0428. The number of aryl methyl sites for hydroxylation is 1. The van der Waals surface area contributed by atoms with Gasteiger partial charge in [-0.2, -0.15) is 5.10 Å². The van der Waals surface area contributed by atoms with E-state index in [-0.39, 0.29) is 16.9 Å². The highest BCUT2D eigenvalue weighted by Gasteiger charge is 2.16. The summed E-state index contributed by atoms with van der Waals surface area (Å²) in [6, 6.07) is 20.3. The predicted molar refractivity (Wildman–Crippen MR) is 148 cm³/mol. The molecule has 10 heteroatoms. The van der Waals surface area contributed by atoms with Crippen LogP contribution in [0.25, 0.3) is 17.0 Å². The fourth-order valence-corrected chi connectivity index (χ4v) is 3.80. The molecule has 1 aromatic heterocycles. The van der Waals surface area contributed by atoms with Gasteiger partial charge in [0, 0.05) is 59.6 Å². The second-order valence-corrected chi connectivity index (χ2v) is 8.71. The quantitative estimate of drug-likeness (QED) is 0.140. The van der Waals surface area contributed by atoms with E-state index in [0.717, 1.165) is 27.8 Å². The van der Waals surface area contributed by atoms with Crippen LogP contribution in [0.1, 0.15) is 27.2 Å². The number of hydrogen-bond acceptors (Lipinski definition) is 6. The fourth-order valence-electron chi connectivity index (χ4n) is 3.80. The number of nitrogens with one attached hydrogen (secondary N) is 3. The van der Waals surface area contributed by atoms with Crippen LogP contribution in [0.4, 0.5) is 11.4 Å². The van der Waals surface area contributed by atoms with Gasteiger partial charge in [-0.1, -0.05) is 30.3 Å². The summed E-state index contributed by atoms with van der Waals surface area (Å²) in [5, 5.41) is 18.6. The Kier molecular flexibility index (Phi) is 7.62. The maximum Gasteiger partial charge on any atom is 0.287 e. The molecule has 0 fully saturated rings. The molecule has 192 valence electrons. The first-order chi connectivity index (χ1) is 18.2. The van der Waals surface area contributed by atoms with Crippen molar-refractivity contribution < 1.29 is 14.5 Å². The van der Waals surface area contributed by atoms with Crippen molar-refractivity contribution in [1.82, 2.24) is 15.7 Å². The van der Waals surface area contributed by atoms with Crippen LogP contribution >= 0.6 is 0 Å². The van der Waals surface area contributed by atoms with Gasteiger partial charge < -0.3 is 15.2 Å². The number of carbonyl (C=O) groups excluding carboxylic acids is 2. The zero-order valence-corrected chi connectivity index (χ0v) is 21.1. The van der Waals surface area contributed by atoms with E-state index in [1.807, 2.05) is 74.4 Å². The molecule has 2 amide bonds. The van der Waals surface area contributed by atoms with Crippen molar-refractivity contribution in [3.05, 3.63) is 111 Å². The minimum Gasteiger partial charge on any atom is -0.378 e. The Morgan fingerprint density at radius 1 is 1.00 bits per heavy atom. The summed E-state index contributed by atoms with van der Waals surface area (Å²) in [7, 11) is 3.84. The highest BCUT2D eigenvalue weighted by Crippen LogP contribution is 2.20. The largest absolute Gasteiger partial charge is 0.378 e. The molecule has 0 unspecified atom stereocenters. The summed E-state index contributed by atoms with van der Waals surface area (Å²) in [4.78, 5) is 41.6. The number of nitrogens with zero attached hydrogens (tertiary/aromatic N) is 3. The second-order valence-electron chi connectivity index (χ2n) is 8.71. The number of non-ortho nitro benzene ring substituents is 1. The Hall–Kier alpha value is -5.25. The molecule has 3 aromatic carbocycles. The smallest absolute Gasteiger partial charge is 0.287 e. The molecule has 0 radical (unpaired) electrons. The Morgan fingerprint density at radius 2 is 1.68 bits per heavy atom. The standard InChI is InChI=1S/C28H26N6O4/c1-18-24(23-6-4-5-7-25(23)30-18)17-29-32-28(36)26(16-19-8-12-21(13-9-19)33(2)3)31-27(35)20-10-14-22(15-11-20)34(37)38/h4-17,30H,1-3H3,(H,31,35)(H,32,36). The van der Waals surface area contributed by atoms with Crippen molar-refractivity contribution >= 4 is 46.4 Å². The summed E-state index contributed by atoms with van der Waals surface area (Å²) in [5.74, 6) is -1.23. The molecular weight excluding hydrogens is 484 g/mol. The SMILES string of the molecule is Cc1[nH]c2ccccc2c1C=NNC(=O)C(=Cc1ccc(N(C)C)cc1)NC(=O)c1ccc([N+](=O)[O-])cc1. The molecule has 0 saturated heterocycles. The Labute approximate surface area is 218 Å². The third kappa shape index (κ3) is 5.93. The van der Waals surface area contributed by atoms with Gasteiger partial charge in [-0.25, -0.2) is 5.43 Å². The van der Waals surface area contributed by atoms with Gasteiger partial charge in [-0.15, -0.1) is 0 Å². The van der Waals surface area contributed by atoms with Gasteiger partial charge in [-0.3, -0.25) is 19.7 Å². The number of nitro groups is 1. The van der Waals surface area contributed by atoms with Crippen LogP contribution in [0, 0.1) is 17.0 Å². The number of para-hydroxylation sites is 1. The number of hydrazone groups is 1. The number of fused-ring (bicyclic) bond motifs is 1. The van der Waals surface area contributed by atoms with E-state index in [4.69, 9.17) is 0 Å². The van der Waals surface area contributed by atoms with Gasteiger partial charge in [-0.05, 0) is 48.9 Å². The molecule has 4 rings (SSSR count). The van der Waals surface area contributed by atoms with Crippen LogP contribution in [0.3, 0.4) is 0 Å². The molecule has 3 N–H and O–H groups in total. The van der Waals surface area contributed by atoms with E-state index >= 15 is 0 Å². The average Bonchev–Trinajstić information content (AvgIpc) is 3.23. The third-order valence-corrected chi connectivity index (χ3v) is 5.86. The molecule has 1 heterocycles. The number of hydrogen-bond donors (Lipinski definition) is 3. The lowest BCUT2D eigenvalue weighted by molar-refractivity contribution is -0.384. The number of H-pyrrole nitrogens is 1. The van der Waals surface area contributed by atoms with E-state index in [9.17, 15) is 19.7 Å². The van der Waals surface area contributed by atoms with E-state index in [1.165, 1.54) is 30.3 Å². The molecule has 0 spiro atoms. The normalized spacial score (nSPS) is 11.5. The second kappa shape index (κ2) is 11.2. The molecule has 38 heavy (non-hydrogen) atoms. The van der Waals surface area contributed by atoms with E-state index < -0.39 is 16.7 Å². The number of benzene rings is 3. The van der Waals surface area contributed by atoms with Gasteiger partial charge in [0.05, 0.1) is 11.1 Å². The van der Waals surface area contributed by atoms with Crippen molar-refractivity contribution in [2.24, 2.45) is 5.10 Å². The number of rotatable bonds is 8. The maximum atomic E-state index is 13.1. The highest BCUT2D eigenvalue weighted by molar-refractivity contribution is 6.06. The van der Waals surface area contributed by atoms with Crippen LogP contribution in [0.15, 0.2) is 83.6 Å². The Bertz CT molecular complexity index is 1550. The molecule has 0 aliphatic carbocycles. The number of carbonyl (C=O) groups is 2. The fraction of sp³-hybridized carbons (Fsp3) is 0.107. The number of aromatic nitrogens is 1. The topological polar surface area (TPSA) is 133 Å². The van der Waals surface area contributed by atoms with Crippen LogP contribution in [0.5, 0.6) is 0 Å². The highest BCUT2D eigenvalue weighted by atomic mass is 16.6. The average molecular weight is 511 g/mol. The van der Waals surface area contributed by atoms with Crippen molar-refractivity contribution in [1.29, 1.82) is 0 Å². The van der Waals surface area contributed by atoms with Crippen molar-refractivity contribution in [2.75, 3.05) is 19.0 Å². The van der Waals surface area contributed by atoms with E-state index in [1.54, 1.807) is 6.21 Å². The minimum atomic E-state index is -0.634. The van der Waals surface area contributed by atoms with Gasteiger partial charge >= 0.3 is 0 Å². The maximum absolute atomic E-state index is 13.1. The summed E-state index contributed by atoms with van der Waals surface area (Å²) in [6.07, 6.45) is 3.08. The lowest BCUT2D eigenvalue weighted by atomic mass is 10.1. The third-order valence-electron chi connectivity index (χ3n) is 5.86. The Morgan fingerprint density at radius 3 is 2.34 bits per heavy atom. The summed E-state index contributed by atoms with van der Waals surface area (Å²) in [6.45, 7) is 1.91. The van der Waals surface area contributed by atoms with Gasteiger partial charge in [0.15, 0.2) is 0 Å². The molecule has 0 aliphatic rings.